The van der Waals surface area contributed by atoms with Crippen molar-refractivity contribution in [2.24, 2.45) is 0 Å². The van der Waals surface area contributed by atoms with Gasteiger partial charge in [-0.3, -0.25) is 9.59 Å². The molecular formula is C42H35N11O2S. The molecule has 0 bridgehead atoms. The molecule has 0 fully saturated rings. The first-order valence-corrected chi connectivity index (χ1v) is 18.3. The van der Waals surface area contributed by atoms with E-state index in [0.29, 0.717) is 40.1 Å². The van der Waals surface area contributed by atoms with E-state index >= 15 is 0 Å². The highest BCUT2D eigenvalue weighted by Crippen LogP contribution is 2.32. The molecule has 0 atom stereocenters. The normalized spacial score (nSPS) is 10.7. The van der Waals surface area contributed by atoms with Gasteiger partial charge in [-0.05, 0) is 60.5 Å². The van der Waals surface area contributed by atoms with Gasteiger partial charge in [0.25, 0.3) is 5.91 Å². The Labute approximate surface area is 324 Å². The van der Waals surface area contributed by atoms with Gasteiger partial charge < -0.3 is 22.5 Å². The number of carbonyl (C=O) groups is 2. The smallest absolute Gasteiger partial charge is 0.273 e. The van der Waals surface area contributed by atoms with Crippen molar-refractivity contribution in [3.05, 3.63) is 144 Å². The zero-order valence-corrected chi connectivity index (χ0v) is 30.9. The average Bonchev–Trinajstić information content (AvgIpc) is 3.65. The van der Waals surface area contributed by atoms with Gasteiger partial charge in [-0.15, -0.1) is 11.3 Å². The lowest BCUT2D eigenvalue weighted by molar-refractivity contribution is 0.0949. The van der Waals surface area contributed by atoms with Crippen molar-refractivity contribution >= 4 is 83.8 Å². The van der Waals surface area contributed by atoms with Gasteiger partial charge in [0.2, 0.25) is 0 Å². The minimum Gasteiger partial charge on any atom is -0.382 e. The van der Waals surface area contributed by atoms with Crippen molar-refractivity contribution < 1.29 is 9.59 Å². The number of rotatable bonds is 6. The van der Waals surface area contributed by atoms with Crippen molar-refractivity contribution in [2.75, 3.05) is 23.7 Å². The van der Waals surface area contributed by atoms with Crippen molar-refractivity contribution in [2.45, 2.75) is 13.3 Å². The molecule has 56 heavy (non-hydrogen) atoms. The number of Topliss-reactive ketones (excluding diaryl/α,β-unsaturated/α-hetero) is 1. The molecule has 9 rings (SSSR count). The van der Waals surface area contributed by atoms with E-state index in [1.807, 2.05) is 121 Å². The third-order valence-corrected chi connectivity index (χ3v) is 9.42. The largest absolute Gasteiger partial charge is 0.382 e. The molecule has 4 aromatic heterocycles. The summed E-state index contributed by atoms with van der Waals surface area (Å²) in [5.41, 5.74) is 25.0. The first kappa shape index (κ1) is 36.9. The number of hydrogen-bond acceptors (Lipinski definition) is 13. The van der Waals surface area contributed by atoms with Crippen LogP contribution in [0.15, 0.2) is 127 Å². The number of nitrogens with one attached hydrogen (secondary N) is 1. The fourth-order valence-corrected chi connectivity index (χ4v) is 6.61. The number of anilines is 3. The molecule has 0 saturated heterocycles. The van der Waals surface area contributed by atoms with Gasteiger partial charge in [0.15, 0.2) is 28.9 Å². The minimum absolute atomic E-state index is 0.149. The van der Waals surface area contributed by atoms with Gasteiger partial charge in [-0.2, -0.15) is 0 Å². The van der Waals surface area contributed by atoms with Crippen LogP contribution < -0.4 is 22.5 Å². The van der Waals surface area contributed by atoms with Gasteiger partial charge in [0, 0.05) is 13.5 Å². The fraction of sp³-hybridized carbons (Fsp3) is 0.0714. The number of ketones is 1. The molecule has 0 saturated carbocycles. The molecule has 0 unspecified atom stereocenters. The Kier molecular flexibility index (Phi) is 11.0. The number of nitrogen functional groups attached to an aromatic ring is 3. The van der Waals surface area contributed by atoms with E-state index in [1.165, 1.54) is 12.5 Å². The summed E-state index contributed by atoms with van der Waals surface area (Å²) in [5.74, 6) is 0.294. The maximum atomic E-state index is 12.2. The van der Waals surface area contributed by atoms with Crippen molar-refractivity contribution in [1.82, 2.24) is 40.2 Å². The van der Waals surface area contributed by atoms with Gasteiger partial charge >= 0.3 is 0 Å². The predicted molar refractivity (Wildman–Crippen MR) is 223 cm³/mol. The van der Waals surface area contributed by atoms with Gasteiger partial charge in [-0.25, -0.2) is 34.9 Å². The Bertz CT molecular complexity index is 2810. The highest BCUT2D eigenvalue weighted by molar-refractivity contribution is 7.21. The van der Waals surface area contributed by atoms with Crippen LogP contribution in [0.2, 0.25) is 0 Å². The van der Waals surface area contributed by atoms with Crippen LogP contribution in [0.25, 0.3) is 54.0 Å². The predicted octanol–water partition coefficient (Wildman–Crippen LogP) is 7.09. The van der Waals surface area contributed by atoms with Crippen LogP contribution in [-0.4, -0.2) is 53.1 Å². The van der Waals surface area contributed by atoms with Crippen LogP contribution in [0.3, 0.4) is 0 Å². The Morgan fingerprint density at radius 2 is 0.964 bits per heavy atom. The SMILES string of the molecule is CC(=O)c1nc2ccccc2nc1N.Nc1nc2ccccc2nc1-c1nc2ccccc2s1.Nc1nc2ccccc2nc1C(=O)NCCc1ccccc1. The molecule has 4 heterocycles. The number of thiazole rings is 1. The second-order valence-corrected chi connectivity index (χ2v) is 13.4. The first-order chi connectivity index (χ1) is 27.2. The Hall–Kier alpha value is -7.45. The highest BCUT2D eigenvalue weighted by Gasteiger charge is 2.15. The molecule has 7 N–H and O–H groups in total. The fourth-order valence-electron chi connectivity index (χ4n) is 5.65. The van der Waals surface area contributed by atoms with Gasteiger partial charge in [0.05, 0.1) is 43.3 Å². The lowest BCUT2D eigenvalue weighted by Crippen LogP contribution is -2.27. The third-order valence-electron chi connectivity index (χ3n) is 8.38. The van der Waals surface area contributed by atoms with Crippen molar-refractivity contribution in [1.29, 1.82) is 0 Å². The molecule has 9 aromatic rings. The average molecular weight is 758 g/mol. The molecule has 5 aromatic carbocycles. The molecule has 276 valence electrons. The number of nitrogens with zero attached hydrogens (tertiary/aromatic N) is 7. The van der Waals surface area contributed by atoms with Crippen LogP contribution in [0.1, 0.15) is 33.5 Å². The summed E-state index contributed by atoms with van der Waals surface area (Å²) in [6.45, 7) is 1.95. The topological polar surface area (TPSA) is 214 Å². The standard InChI is InChI=1S/C17H16N4O.C15H10N4S.C10H9N3O/c18-16-15(20-13-8-4-5-9-14(13)21-16)17(22)19-11-10-12-6-2-1-3-7-12;16-14-13(17-9-5-1-2-6-10(9)18-14)15-19-11-7-3-4-8-12(11)20-15;1-6(14)9-10(11)13-8-5-3-2-4-7(8)12-9/h1-9H,10-11H2,(H2,18,21)(H,19,22);1-8H,(H2,16,18);2-5H,1H3,(H2,11,13). The third kappa shape index (κ3) is 8.51. The van der Waals surface area contributed by atoms with Crippen molar-refractivity contribution in [3.63, 3.8) is 0 Å². The second kappa shape index (κ2) is 16.7. The molecule has 1 amide bonds. The first-order valence-electron chi connectivity index (χ1n) is 17.5. The van der Waals surface area contributed by atoms with Crippen LogP contribution in [-0.2, 0) is 6.42 Å². The van der Waals surface area contributed by atoms with Crippen molar-refractivity contribution in [3.8, 4) is 10.7 Å². The number of hydrogen-bond donors (Lipinski definition) is 4. The lowest BCUT2D eigenvalue weighted by Gasteiger charge is -2.07. The zero-order chi connectivity index (χ0) is 39.0. The molecule has 0 aliphatic carbocycles. The summed E-state index contributed by atoms with van der Waals surface area (Å²) >= 11 is 1.58. The molecular weight excluding hydrogens is 723 g/mol. The summed E-state index contributed by atoms with van der Waals surface area (Å²) in [6.07, 6.45) is 0.757. The number of fused-ring (bicyclic) bond motifs is 4. The van der Waals surface area contributed by atoms with E-state index in [4.69, 9.17) is 17.2 Å². The number of amides is 1. The lowest BCUT2D eigenvalue weighted by atomic mass is 10.1. The van der Waals surface area contributed by atoms with Gasteiger partial charge in [-0.1, -0.05) is 78.9 Å². The maximum absolute atomic E-state index is 12.2. The zero-order valence-electron chi connectivity index (χ0n) is 30.1. The van der Waals surface area contributed by atoms with Crippen LogP contribution >= 0.6 is 11.3 Å². The summed E-state index contributed by atoms with van der Waals surface area (Å²) < 4.78 is 1.12. The number of nitrogens with two attached hydrogens (primary N) is 3. The van der Waals surface area contributed by atoms with E-state index in [-0.39, 0.29) is 34.7 Å². The maximum Gasteiger partial charge on any atom is 0.273 e. The Morgan fingerprint density at radius 1 is 0.518 bits per heavy atom. The van der Waals surface area contributed by atoms with E-state index in [9.17, 15) is 9.59 Å². The Balaban J connectivity index is 0.000000132. The van der Waals surface area contributed by atoms with Crippen LogP contribution in [0.4, 0.5) is 17.5 Å². The number of carbonyl (C=O) groups excluding carboxylic acids is 2. The quantitative estimate of drug-likeness (QED) is 0.125. The van der Waals surface area contributed by atoms with E-state index in [2.05, 4.69) is 40.2 Å². The molecule has 0 aliphatic heterocycles. The van der Waals surface area contributed by atoms with Crippen LogP contribution in [0, 0.1) is 0 Å². The van der Waals surface area contributed by atoms with E-state index < -0.39 is 0 Å². The summed E-state index contributed by atoms with van der Waals surface area (Å²) in [5, 5.41) is 3.64. The minimum atomic E-state index is -0.299. The summed E-state index contributed by atoms with van der Waals surface area (Å²) in [6, 6.07) is 40.3. The summed E-state index contributed by atoms with van der Waals surface area (Å²) in [7, 11) is 0. The number of aromatic nitrogens is 7. The highest BCUT2D eigenvalue weighted by atomic mass is 32.1. The Morgan fingerprint density at radius 3 is 1.52 bits per heavy atom. The van der Waals surface area contributed by atoms with E-state index in [0.717, 1.165) is 32.7 Å². The molecule has 0 aliphatic rings. The molecule has 14 heteroatoms. The monoisotopic (exact) mass is 757 g/mol. The molecule has 0 radical (unpaired) electrons. The van der Waals surface area contributed by atoms with Gasteiger partial charge in [0.1, 0.15) is 16.4 Å². The molecule has 0 spiro atoms. The van der Waals surface area contributed by atoms with E-state index in [1.54, 1.807) is 17.4 Å². The number of benzene rings is 5. The molecule has 13 nitrogen and oxygen atoms in total. The number of para-hydroxylation sites is 7. The van der Waals surface area contributed by atoms with Crippen LogP contribution in [0.5, 0.6) is 0 Å². The second-order valence-electron chi connectivity index (χ2n) is 12.4. The summed E-state index contributed by atoms with van der Waals surface area (Å²) in [4.78, 5) is 53.7.